The van der Waals surface area contributed by atoms with Gasteiger partial charge in [0, 0.05) is 28.7 Å². The van der Waals surface area contributed by atoms with E-state index in [1.54, 1.807) is 24.3 Å². The smallest absolute Gasteiger partial charge is 0.457 e. The van der Waals surface area contributed by atoms with Gasteiger partial charge in [-0.3, -0.25) is 14.9 Å². The van der Waals surface area contributed by atoms with E-state index in [2.05, 4.69) is 20.5 Å². The Balaban J connectivity index is 1.22. The first kappa shape index (κ1) is 21.1. The molecule has 1 aliphatic carbocycles. The van der Waals surface area contributed by atoms with Crippen LogP contribution in [-0.2, 0) is 20.8 Å². The van der Waals surface area contributed by atoms with Gasteiger partial charge in [-0.15, -0.1) is 4.84 Å². The highest BCUT2D eigenvalue weighted by atomic mass is 16.9. The van der Waals surface area contributed by atoms with Crippen molar-refractivity contribution in [2.24, 2.45) is 0 Å². The summed E-state index contributed by atoms with van der Waals surface area (Å²) in [5, 5.41) is 15.0. The molecule has 6 rings (SSSR count). The lowest BCUT2D eigenvalue weighted by molar-refractivity contribution is -0.834. The highest BCUT2D eigenvalue weighted by molar-refractivity contribution is 6.35. The van der Waals surface area contributed by atoms with Crippen molar-refractivity contribution in [1.82, 2.24) is 9.88 Å². The van der Waals surface area contributed by atoms with Crippen LogP contribution < -0.4 is 10.6 Å². The molecule has 10 nitrogen and oxygen atoms in total. The number of hydrogen-bond donors (Lipinski definition) is 4. The van der Waals surface area contributed by atoms with E-state index in [0.29, 0.717) is 35.2 Å². The number of carboxylic acid groups (broad SMARTS) is 1. The third-order valence-electron chi connectivity index (χ3n) is 7.23. The van der Waals surface area contributed by atoms with E-state index in [1.165, 1.54) is 12.8 Å². The average molecular weight is 465 g/mol. The molecule has 4 heterocycles. The van der Waals surface area contributed by atoms with Crippen molar-refractivity contribution >= 4 is 40.9 Å². The van der Waals surface area contributed by atoms with E-state index in [1.807, 2.05) is 13.8 Å². The van der Waals surface area contributed by atoms with Crippen molar-refractivity contribution in [2.75, 3.05) is 23.7 Å². The summed E-state index contributed by atoms with van der Waals surface area (Å²) >= 11 is 0. The van der Waals surface area contributed by atoms with Gasteiger partial charge in [0.15, 0.2) is 0 Å². The molecule has 3 fully saturated rings. The molecule has 0 radical (unpaired) electrons. The van der Waals surface area contributed by atoms with Crippen LogP contribution in [0.1, 0.15) is 40.9 Å². The molecule has 1 aromatic heterocycles. The van der Waals surface area contributed by atoms with Gasteiger partial charge >= 0.3 is 18.4 Å². The van der Waals surface area contributed by atoms with Crippen molar-refractivity contribution in [3.8, 4) is 0 Å². The Kier molecular flexibility index (Phi) is 4.50. The van der Waals surface area contributed by atoms with Crippen LogP contribution in [0.4, 0.5) is 16.2 Å². The van der Waals surface area contributed by atoms with Crippen molar-refractivity contribution < 1.29 is 29.0 Å². The number of fused-ring (bicyclic) bond motifs is 2. The minimum Gasteiger partial charge on any atom is -0.481 e. The molecule has 34 heavy (non-hydrogen) atoms. The number of benzene rings is 1. The number of quaternary nitrogens is 1. The van der Waals surface area contributed by atoms with Crippen LogP contribution in [0.3, 0.4) is 0 Å². The molecule has 0 spiro atoms. The fraction of sp³-hybridized carbons (Fsp3) is 0.375. The van der Waals surface area contributed by atoms with Gasteiger partial charge in [-0.25, -0.2) is 9.69 Å². The topological polar surface area (TPSA) is 127 Å². The first-order chi connectivity index (χ1) is 16.3. The quantitative estimate of drug-likeness (QED) is 0.306. The summed E-state index contributed by atoms with van der Waals surface area (Å²) in [6.45, 7) is 5.17. The zero-order chi connectivity index (χ0) is 23.8. The predicted molar refractivity (Wildman–Crippen MR) is 123 cm³/mol. The second kappa shape index (κ2) is 7.26. The van der Waals surface area contributed by atoms with Crippen LogP contribution in [0.2, 0.25) is 0 Å². The van der Waals surface area contributed by atoms with Gasteiger partial charge in [0.05, 0.1) is 24.2 Å². The molecule has 10 heteroatoms. The standard InChI is InChI=1S/C24H25N5O5/c1-12-17(11-21(30)31)13(2)25-19(12)10-18-16-6-3-14(9-20(16)27-22(18)32)26-23(33)29-8-7-28(15-4-5-15)24(29)34-29/h3,6,9-10,15,24H,4-5,7-8,11H2,1-2H3,(H3-,25,26,27,30,31,32,33)/p+1. The minimum atomic E-state index is -0.901. The number of urea groups is 1. The van der Waals surface area contributed by atoms with Crippen molar-refractivity contribution in [3.05, 3.63) is 46.3 Å². The number of aromatic nitrogens is 1. The SMILES string of the molecule is Cc1[nH]c(/C=C2\C(=O)Nc3cc(NC(=O)[N+]45CCN(C6CC6)C4O5)ccc32)c(C)c1CC(=O)O. The molecule has 4 N–H and O–H groups in total. The summed E-state index contributed by atoms with van der Waals surface area (Å²) in [5.41, 5.74) is 5.43. The van der Waals surface area contributed by atoms with E-state index in [-0.39, 0.29) is 29.4 Å². The number of hydroxylamine groups is 3. The van der Waals surface area contributed by atoms with Crippen molar-refractivity contribution in [3.63, 3.8) is 0 Å². The number of carbonyl (C=O) groups excluding carboxylic acids is 2. The number of nitrogens with one attached hydrogen (secondary N) is 3. The fourth-order valence-electron chi connectivity index (χ4n) is 5.15. The number of aliphatic carboxylic acids is 1. The van der Waals surface area contributed by atoms with Gasteiger partial charge in [-0.2, -0.15) is 0 Å². The van der Waals surface area contributed by atoms with E-state index >= 15 is 0 Å². The van der Waals surface area contributed by atoms with Crippen LogP contribution in [0, 0.1) is 13.8 Å². The molecule has 1 aromatic carbocycles. The Bertz CT molecular complexity index is 1290. The number of carbonyl (C=O) groups is 3. The van der Waals surface area contributed by atoms with Crippen LogP contribution in [0.5, 0.6) is 0 Å². The molecule has 2 atom stereocenters. The number of nitrogens with zero attached hydrogens (tertiary/aromatic N) is 2. The summed E-state index contributed by atoms with van der Waals surface area (Å²) in [6, 6.07) is 5.68. The highest BCUT2D eigenvalue weighted by Crippen LogP contribution is 2.47. The molecule has 3 amide bonds. The van der Waals surface area contributed by atoms with Gasteiger partial charge in [0.1, 0.15) is 6.54 Å². The third kappa shape index (κ3) is 3.25. The molecular weight excluding hydrogens is 438 g/mol. The van der Waals surface area contributed by atoms with E-state index in [4.69, 9.17) is 9.94 Å². The third-order valence-corrected chi connectivity index (χ3v) is 7.23. The minimum absolute atomic E-state index is 0.00474. The lowest BCUT2D eigenvalue weighted by atomic mass is 10.0. The first-order valence-electron chi connectivity index (χ1n) is 11.5. The lowest BCUT2D eigenvalue weighted by Gasteiger charge is -2.09. The van der Waals surface area contributed by atoms with Gasteiger partial charge in [-0.05, 0) is 60.7 Å². The normalized spacial score (nSPS) is 26.4. The molecule has 4 aliphatic rings. The van der Waals surface area contributed by atoms with Gasteiger partial charge in [0.2, 0.25) is 0 Å². The number of hydrogen-bond acceptors (Lipinski definition) is 5. The lowest BCUT2D eigenvalue weighted by Crippen LogP contribution is -2.38. The Hall–Kier alpha value is -3.47. The number of anilines is 2. The van der Waals surface area contributed by atoms with Crippen LogP contribution in [-0.4, -0.2) is 63.0 Å². The van der Waals surface area contributed by atoms with Crippen LogP contribution >= 0.6 is 0 Å². The number of rotatable bonds is 5. The molecule has 2 saturated heterocycles. The molecule has 0 bridgehead atoms. The molecule has 176 valence electrons. The summed E-state index contributed by atoms with van der Waals surface area (Å²) in [7, 11) is 0. The Morgan fingerprint density at radius 3 is 2.82 bits per heavy atom. The van der Waals surface area contributed by atoms with Gasteiger partial charge in [-0.1, -0.05) is 6.07 Å². The molecule has 2 aromatic rings. The van der Waals surface area contributed by atoms with Gasteiger partial charge in [0.25, 0.3) is 5.91 Å². The van der Waals surface area contributed by atoms with Gasteiger partial charge < -0.3 is 15.4 Å². The van der Waals surface area contributed by atoms with Crippen molar-refractivity contribution in [1.29, 1.82) is 0 Å². The fourth-order valence-corrected chi connectivity index (χ4v) is 5.15. The number of H-pyrrole nitrogens is 1. The average Bonchev–Trinajstić information content (AvgIpc) is 3.69. The maximum atomic E-state index is 12.9. The molecule has 1 saturated carbocycles. The summed E-state index contributed by atoms with van der Waals surface area (Å²) in [5.74, 6) is -1.15. The monoisotopic (exact) mass is 464 g/mol. The second-order valence-corrected chi connectivity index (χ2v) is 9.46. The maximum Gasteiger partial charge on any atom is 0.457 e. The number of aryl methyl sites for hydroxylation is 1. The summed E-state index contributed by atoms with van der Waals surface area (Å²) < 4.78 is -0.00474. The van der Waals surface area contributed by atoms with Crippen LogP contribution in [0.15, 0.2) is 18.2 Å². The largest absolute Gasteiger partial charge is 0.481 e. The van der Waals surface area contributed by atoms with Crippen LogP contribution in [0.25, 0.3) is 11.6 Å². The van der Waals surface area contributed by atoms with Crippen molar-refractivity contribution in [2.45, 2.75) is 45.5 Å². The highest BCUT2D eigenvalue weighted by Gasteiger charge is 2.74. The summed E-state index contributed by atoms with van der Waals surface area (Å²) in [4.78, 5) is 48.1. The predicted octanol–water partition coefficient (Wildman–Crippen LogP) is 2.81. The van der Waals surface area contributed by atoms with E-state index in [0.717, 1.165) is 28.9 Å². The Morgan fingerprint density at radius 1 is 1.32 bits per heavy atom. The summed E-state index contributed by atoms with van der Waals surface area (Å²) in [6.07, 6.45) is 3.84. The number of aromatic amines is 1. The Labute approximate surface area is 195 Å². The Morgan fingerprint density at radius 2 is 2.12 bits per heavy atom. The first-order valence-corrected chi connectivity index (χ1v) is 11.5. The zero-order valence-corrected chi connectivity index (χ0v) is 19.0. The number of carboxylic acids is 1. The molecular formula is C24H26N5O5+. The molecule has 3 aliphatic heterocycles. The van der Waals surface area contributed by atoms with E-state index in [9.17, 15) is 14.4 Å². The second-order valence-electron chi connectivity index (χ2n) is 9.46. The number of amides is 3. The van der Waals surface area contributed by atoms with E-state index < -0.39 is 5.97 Å². The maximum absolute atomic E-state index is 12.9. The molecule has 2 unspecified atom stereocenters. The zero-order valence-electron chi connectivity index (χ0n) is 19.0.